The standard InChI is InChI=1S/C62H53NS/c1-7-21-47(22-8-1)46-64(55-29-15-5-16-30-55,56-31-17-6-18-32-56)57-42-37-49(38-43-57)48-35-39-53(40-36-48)63(52-27-13-4-14-28-52)54-41-44-59-58-33-19-20-34-60(58)62(61(59)45-54,50-23-9-2-10-24-50)51-25-11-3-12-26-51/h2-7,9-11,13-17,19-25,27,29-31,33-37,39-42,44-45,52H,12,18,26,28,32,38,43,46H2. The van der Waals surface area contributed by atoms with Crippen molar-refractivity contribution in [3.05, 3.63) is 273 Å². The van der Waals surface area contributed by atoms with E-state index in [9.17, 15) is 0 Å². The summed E-state index contributed by atoms with van der Waals surface area (Å²) in [6.07, 6.45) is 41.7. The van der Waals surface area contributed by atoms with Crippen LogP contribution in [0.5, 0.6) is 0 Å². The fraction of sp³-hybridized carbons (Fsp3) is 0.161. The largest absolute Gasteiger partial charge is 0.334 e. The zero-order valence-electron chi connectivity index (χ0n) is 36.4. The lowest BCUT2D eigenvalue weighted by Crippen LogP contribution is -2.32. The van der Waals surface area contributed by atoms with Gasteiger partial charge >= 0.3 is 0 Å². The molecule has 64 heavy (non-hydrogen) atoms. The summed E-state index contributed by atoms with van der Waals surface area (Å²) in [7, 11) is -1.49. The lowest BCUT2D eigenvalue weighted by atomic mass is 9.65. The molecule has 0 N–H and O–H groups in total. The molecule has 0 spiro atoms. The van der Waals surface area contributed by atoms with Gasteiger partial charge in [0.25, 0.3) is 0 Å². The first kappa shape index (κ1) is 40.0. The second-order valence-electron chi connectivity index (χ2n) is 17.5. The van der Waals surface area contributed by atoms with Gasteiger partial charge in [-0.15, -0.1) is 0 Å². The van der Waals surface area contributed by atoms with E-state index in [2.05, 4.69) is 229 Å². The highest BCUT2D eigenvalue weighted by Crippen LogP contribution is 2.72. The Morgan fingerprint density at radius 1 is 0.578 bits per heavy atom. The molecule has 0 saturated carbocycles. The van der Waals surface area contributed by atoms with Crippen LogP contribution in [0.2, 0.25) is 0 Å². The second-order valence-corrected chi connectivity index (χ2v) is 20.8. The fourth-order valence-corrected chi connectivity index (χ4v) is 15.4. The van der Waals surface area contributed by atoms with Gasteiger partial charge in [-0.05, 0) is 159 Å². The smallest absolute Gasteiger partial charge is 0.0677 e. The SMILES string of the molecule is C1=C=CC(CS(C2=CC=CCC2)(C2=CC=C(c3ccc(N(c4ccc5c(c4)C(C4=CC=CCC4)(c4ccccc4)c4ccccc4-5)C4C=CC=CC4)cc3)CC2)c2ccccc2)=CC=1. The highest BCUT2D eigenvalue weighted by atomic mass is 32.3. The van der Waals surface area contributed by atoms with Crippen LogP contribution in [0.4, 0.5) is 11.4 Å². The van der Waals surface area contributed by atoms with Gasteiger partial charge < -0.3 is 4.90 Å². The summed E-state index contributed by atoms with van der Waals surface area (Å²) in [4.78, 5) is 7.18. The van der Waals surface area contributed by atoms with Crippen LogP contribution in [0.1, 0.15) is 67.2 Å². The summed E-state index contributed by atoms with van der Waals surface area (Å²) in [5.41, 5.74) is 20.7. The van der Waals surface area contributed by atoms with Crippen LogP contribution in [0.3, 0.4) is 0 Å². The van der Waals surface area contributed by atoms with E-state index in [-0.39, 0.29) is 11.5 Å². The molecule has 0 fully saturated rings. The molecule has 312 valence electrons. The molecule has 0 radical (unpaired) electrons. The summed E-state index contributed by atoms with van der Waals surface area (Å²) in [5.74, 6) is 0.988. The number of rotatable bonds is 11. The molecule has 6 aliphatic carbocycles. The van der Waals surface area contributed by atoms with Crippen LogP contribution in [-0.4, -0.2) is 11.8 Å². The molecule has 2 heteroatoms. The molecule has 11 rings (SSSR count). The zero-order chi connectivity index (χ0) is 42.8. The number of fused-ring (bicyclic) bond motifs is 3. The van der Waals surface area contributed by atoms with Crippen molar-refractivity contribution in [2.75, 3.05) is 10.7 Å². The first-order valence-corrected chi connectivity index (χ1v) is 24.9. The van der Waals surface area contributed by atoms with Gasteiger partial charge in [0.05, 0.1) is 11.5 Å². The summed E-state index contributed by atoms with van der Waals surface area (Å²) in [5, 5.41) is 0. The molecule has 0 saturated heterocycles. The van der Waals surface area contributed by atoms with E-state index in [0.29, 0.717) is 0 Å². The molecule has 0 bridgehead atoms. The number of anilines is 2. The summed E-state index contributed by atoms with van der Waals surface area (Å²) in [6, 6.07) is 48.7. The predicted molar refractivity (Wildman–Crippen MR) is 273 cm³/mol. The van der Waals surface area contributed by atoms with E-state index in [4.69, 9.17) is 0 Å². The van der Waals surface area contributed by atoms with Crippen LogP contribution >= 0.6 is 10.0 Å². The van der Waals surface area contributed by atoms with E-state index in [1.165, 1.54) is 66.4 Å². The van der Waals surface area contributed by atoms with Gasteiger partial charge in [0.2, 0.25) is 0 Å². The molecule has 0 aliphatic heterocycles. The molecule has 0 amide bonds. The molecule has 3 unspecified atom stereocenters. The van der Waals surface area contributed by atoms with Crippen LogP contribution in [-0.2, 0) is 5.41 Å². The molecular formula is C62H53NS. The number of hydrogen-bond donors (Lipinski definition) is 0. The van der Waals surface area contributed by atoms with Crippen molar-refractivity contribution >= 4 is 27.0 Å². The van der Waals surface area contributed by atoms with Gasteiger partial charge in [-0.2, -0.15) is 10.0 Å². The van der Waals surface area contributed by atoms with Crippen molar-refractivity contribution in [1.29, 1.82) is 0 Å². The third kappa shape index (κ3) is 7.00. The minimum atomic E-state index is -1.49. The van der Waals surface area contributed by atoms with Crippen molar-refractivity contribution in [3.63, 3.8) is 0 Å². The van der Waals surface area contributed by atoms with E-state index in [0.717, 1.165) is 50.7 Å². The topological polar surface area (TPSA) is 3.24 Å². The van der Waals surface area contributed by atoms with Gasteiger partial charge in [-0.25, -0.2) is 0 Å². The second kappa shape index (κ2) is 17.4. The Morgan fingerprint density at radius 3 is 2.05 bits per heavy atom. The monoisotopic (exact) mass is 843 g/mol. The van der Waals surface area contributed by atoms with E-state index in [1.807, 2.05) is 6.08 Å². The Hall–Kier alpha value is -6.79. The first-order valence-electron chi connectivity index (χ1n) is 23.1. The summed E-state index contributed by atoms with van der Waals surface area (Å²) in [6.45, 7) is 0. The Labute approximate surface area is 381 Å². The maximum Gasteiger partial charge on any atom is 0.0677 e. The first-order chi connectivity index (χ1) is 31.7. The quantitative estimate of drug-likeness (QED) is 0.120. The average molecular weight is 844 g/mol. The van der Waals surface area contributed by atoms with Crippen molar-refractivity contribution in [1.82, 2.24) is 0 Å². The molecule has 3 atom stereocenters. The van der Waals surface area contributed by atoms with E-state index in [1.54, 1.807) is 9.81 Å². The third-order valence-electron chi connectivity index (χ3n) is 14.0. The fourth-order valence-electron chi connectivity index (χ4n) is 11.1. The third-order valence-corrected chi connectivity index (χ3v) is 18.4. The minimum Gasteiger partial charge on any atom is -0.334 e. The summed E-state index contributed by atoms with van der Waals surface area (Å²) >= 11 is 0. The molecular weight excluding hydrogens is 791 g/mol. The van der Waals surface area contributed by atoms with Gasteiger partial charge in [0.1, 0.15) is 0 Å². The summed E-state index contributed by atoms with van der Waals surface area (Å²) < 4.78 is 0. The average Bonchev–Trinajstić information content (AvgIpc) is 3.68. The maximum absolute atomic E-state index is 3.26. The molecule has 5 aromatic carbocycles. The van der Waals surface area contributed by atoms with Crippen molar-refractivity contribution in [2.24, 2.45) is 0 Å². The van der Waals surface area contributed by atoms with Crippen molar-refractivity contribution in [3.8, 4) is 11.1 Å². The Morgan fingerprint density at radius 2 is 1.33 bits per heavy atom. The molecule has 5 aromatic rings. The highest BCUT2D eigenvalue weighted by Gasteiger charge is 2.47. The number of allylic oxidation sites excluding steroid dienone is 17. The Balaban J connectivity index is 0.983. The van der Waals surface area contributed by atoms with Gasteiger partial charge in [-0.3, -0.25) is 0 Å². The van der Waals surface area contributed by atoms with Gasteiger partial charge in [0, 0.05) is 17.1 Å². The highest BCUT2D eigenvalue weighted by molar-refractivity contribution is 8.40. The van der Waals surface area contributed by atoms with Crippen LogP contribution < -0.4 is 4.90 Å². The zero-order valence-corrected chi connectivity index (χ0v) is 37.2. The van der Waals surface area contributed by atoms with Crippen molar-refractivity contribution < 1.29 is 0 Å². The lowest BCUT2D eigenvalue weighted by Gasteiger charge is -2.46. The van der Waals surface area contributed by atoms with Crippen molar-refractivity contribution in [2.45, 2.75) is 61.3 Å². The lowest BCUT2D eigenvalue weighted by molar-refractivity contribution is 0.692. The van der Waals surface area contributed by atoms with Crippen LogP contribution in [0.15, 0.2) is 256 Å². The molecule has 0 heterocycles. The van der Waals surface area contributed by atoms with Crippen LogP contribution in [0, 0.1) is 0 Å². The van der Waals surface area contributed by atoms with Gasteiger partial charge in [-0.1, -0.05) is 181 Å². The van der Waals surface area contributed by atoms with Crippen LogP contribution in [0.25, 0.3) is 16.7 Å². The number of nitrogens with zero attached hydrogens (tertiary/aromatic N) is 1. The number of benzene rings is 5. The normalized spacial score (nSPS) is 21.8. The minimum absolute atomic E-state index is 0.193. The van der Waals surface area contributed by atoms with E-state index < -0.39 is 10.0 Å². The van der Waals surface area contributed by atoms with Gasteiger partial charge in [0.15, 0.2) is 0 Å². The molecule has 6 aliphatic rings. The molecule has 0 aromatic heterocycles. The van der Waals surface area contributed by atoms with E-state index >= 15 is 0 Å². The molecule has 1 nitrogen and oxygen atoms in total. The Bertz CT molecular complexity index is 3000. The Kier molecular flexibility index (Phi) is 10.9. The number of hydrogen-bond acceptors (Lipinski definition) is 1. The predicted octanol–water partition coefficient (Wildman–Crippen LogP) is 16.3. The maximum atomic E-state index is 3.26.